The van der Waals surface area contributed by atoms with E-state index in [0.717, 1.165) is 36.1 Å². The van der Waals surface area contributed by atoms with Gasteiger partial charge in [0.25, 0.3) is 0 Å². The van der Waals surface area contributed by atoms with Crippen LogP contribution in [0.15, 0.2) is 65.7 Å². The lowest BCUT2D eigenvalue weighted by Gasteiger charge is -2.38. The zero-order valence-electron chi connectivity index (χ0n) is 25.8. The molecule has 3 aromatic rings. The molecule has 0 amide bonds. The second-order valence-corrected chi connectivity index (χ2v) is 14.9. The van der Waals surface area contributed by atoms with Gasteiger partial charge in [0.1, 0.15) is 5.75 Å². The molecule has 210 valence electrons. The number of para-hydroxylation sites is 1. The molecule has 0 aliphatic heterocycles. The molecule has 0 bridgehead atoms. The molecule has 0 radical (unpaired) electrons. The van der Waals surface area contributed by atoms with Crippen molar-refractivity contribution in [3.63, 3.8) is 0 Å². The first-order valence-electron chi connectivity index (χ1n) is 14.7. The lowest BCUT2D eigenvalue weighted by atomic mass is 9.76. The number of aryl methyl sites for hydroxylation is 1. The molecule has 0 aliphatic rings. The fourth-order valence-corrected chi connectivity index (χ4v) is 6.99. The summed E-state index contributed by atoms with van der Waals surface area (Å²) in [7, 11) is 0.522. The van der Waals surface area contributed by atoms with Crippen LogP contribution in [0, 0.1) is 6.92 Å². The van der Waals surface area contributed by atoms with Gasteiger partial charge in [0.2, 0.25) is 0 Å². The molecule has 0 aliphatic carbocycles. The van der Waals surface area contributed by atoms with Gasteiger partial charge in [-0.15, -0.1) is 0 Å². The van der Waals surface area contributed by atoms with Gasteiger partial charge in [0.05, 0.1) is 5.69 Å². The molecule has 2 nitrogen and oxygen atoms in total. The highest BCUT2D eigenvalue weighted by atomic mass is 31.1. The number of unbranched alkanes of at least 4 members (excludes halogenated alkanes) is 2. The maximum atomic E-state index is 12.0. The van der Waals surface area contributed by atoms with Gasteiger partial charge in [-0.05, 0) is 65.2 Å². The first kappa shape index (κ1) is 31.1. The van der Waals surface area contributed by atoms with E-state index in [4.69, 9.17) is 4.99 Å². The Morgan fingerprint density at radius 2 is 1.49 bits per heavy atom. The Hall–Kier alpha value is -2.44. The van der Waals surface area contributed by atoms with Crippen LogP contribution >= 0.6 is 8.58 Å². The molecule has 2 atom stereocenters. The van der Waals surface area contributed by atoms with Crippen LogP contribution in [-0.2, 0) is 16.0 Å². The van der Waals surface area contributed by atoms with Crippen molar-refractivity contribution in [3.05, 3.63) is 88.5 Å². The number of hydrogen-bond acceptors (Lipinski definition) is 2. The Morgan fingerprint density at radius 3 is 2.08 bits per heavy atom. The van der Waals surface area contributed by atoms with Gasteiger partial charge in [-0.3, -0.25) is 4.99 Å². The van der Waals surface area contributed by atoms with Crippen molar-refractivity contribution in [1.29, 1.82) is 0 Å². The number of nitrogens with zero attached hydrogens (tertiary/aromatic N) is 1. The summed E-state index contributed by atoms with van der Waals surface area (Å²) in [6, 6.07) is 21.5. The molecule has 3 aromatic carbocycles. The fourth-order valence-electron chi connectivity index (χ4n) is 5.22. The number of phenolic OH excluding ortho intramolecular Hbond substituents is 1. The summed E-state index contributed by atoms with van der Waals surface area (Å²) < 4.78 is 0. The molecule has 39 heavy (non-hydrogen) atoms. The Morgan fingerprint density at radius 1 is 0.821 bits per heavy atom. The van der Waals surface area contributed by atoms with Crippen molar-refractivity contribution in [1.82, 2.24) is 0 Å². The number of benzene rings is 3. The molecular weight excluding hydrogens is 493 g/mol. The number of aliphatic imine (C=N–C) groups is 1. The van der Waals surface area contributed by atoms with Gasteiger partial charge >= 0.3 is 0 Å². The lowest BCUT2D eigenvalue weighted by Crippen LogP contribution is -2.27. The number of hydrogen-bond donors (Lipinski definition) is 1. The minimum absolute atomic E-state index is 0.00811. The van der Waals surface area contributed by atoms with Crippen LogP contribution in [-0.4, -0.2) is 11.3 Å². The summed E-state index contributed by atoms with van der Waals surface area (Å²) in [5.74, 6) is 0.493. The second-order valence-electron chi connectivity index (χ2n) is 13.1. The van der Waals surface area contributed by atoms with E-state index in [9.17, 15) is 5.11 Å². The molecule has 0 saturated heterocycles. The van der Waals surface area contributed by atoms with Crippen LogP contribution in [0.3, 0.4) is 0 Å². The van der Waals surface area contributed by atoms with Gasteiger partial charge in [-0.25, -0.2) is 0 Å². The van der Waals surface area contributed by atoms with Gasteiger partial charge in [-0.1, -0.05) is 131 Å². The molecule has 0 spiro atoms. The highest BCUT2D eigenvalue weighted by Crippen LogP contribution is 2.54. The molecular formula is C36H50NOP. The van der Waals surface area contributed by atoms with Crippen LogP contribution in [0.5, 0.6) is 5.75 Å². The number of aromatic hydroxyl groups is 1. The van der Waals surface area contributed by atoms with E-state index in [1.807, 2.05) is 36.5 Å². The van der Waals surface area contributed by atoms with E-state index < -0.39 is 0 Å². The molecule has 0 fully saturated rings. The van der Waals surface area contributed by atoms with Gasteiger partial charge in [-0.2, -0.15) is 0 Å². The van der Waals surface area contributed by atoms with E-state index in [1.54, 1.807) is 0 Å². The Kier molecular flexibility index (Phi) is 10.2. The van der Waals surface area contributed by atoms with Gasteiger partial charge in [0.15, 0.2) is 0 Å². The average molecular weight is 544 g/mol. The molecule has 1 N–H and O–H groups in total. The fraction of sp³-hybridized carbons (Fsp3) is 0.472. The summed E-state index contributed by atoms with van der Waals surface area (Å²) in [4.78, 5) is 4.82. The monoisotopic (exact) mass is 543 g/mol. The third kappa shape index (κ3) is 7.82. The number of rotatable bonds is 10. The van der Waals surface area contributed by atoms with Crippen molar-refractivity contribution >= 4 is 25.8 Å². The van der Waals surface area contributed by atoms with E-state index in [1.165, 1.54) is 34.8 Å². The summed E-state index contributed by atoms with van der Waals surface area (Å²) in [5, 5.41) is 13.1. The second kappa shape index (κ2) is 12.8. The normalized spacial score (nSPS) is 14.4. The molecule has 0 aromatic heterocycles. The van der Waals surface area contributed by atoms with E-state index >= 15 is 0 Å². The first-order chi connectivity index (χ1) is 18.3. The highest BCUT2D eigenvalue weighted by Gasteiger charge is 2.37. The molecule has 0 saturated carbocycles. The zero-order chi connectivity index (χ0) is 28.8. The van der Waals surface area contributed by atoms with Crippen molar-refractivity contribution in [2.45, 2.75) is 110 Å². The summed E-state index contributed by atoms with van der Waals surface area (Å²) in [6.07, 6.45) is 7.61. The van der Waals surface area contributed by atoms with Gasteiger partial charge < -0.3 is 5.11 Å². The predicted molar refractivity (Wildman–Crippen MR) is 174 cm³/mol. The quantitative estimate of drug-likeness (QED) is 0.154. The highest BCUT2D eigenvalue weighted by molar-refractivity contribution is 7.48. The Bertz CT molecular complexity index is 1260. The third-order valence-corrected chi connectivity index (χ3v) is 9.88. The average Bonchev–Trinajstić information content (AvgIpc) is 2.87. The lowest BCUT2D eigenvalue weighted by molar-refractivity contribution is 0.415. The topological polar surface area (TPSA) is 32.6 Å². The van der Waals surface area contributed by atoms with Crippen LogP contribution in [0.25, 0.3) is 0 Å². The smallest absolute Gasteiger partial charge is 0.123 e. The van der Waals surface area contributed by atoms with Crippen LogP contribution in [0.4, 0.5) is 5.69 Å². The summed E-state index contributed by atoms with van der Waals surface area (Å²) >= 11 is 0. The predicted octanol–water partition coefficient (Wildman–Crippen LogP) is 10.2. The Balaban J connectivity index is 2.23. The van der Waals surface area contributed by atoms with E-state index in [0.29, 0.717) is 14.3 Å². The van der Waals surface area contributed by atoms with Crippen molar-refractivity contribution < 1.29 is 5.11 Å². The molecule has 0 heterocycles. The minimum atomic E-state index is -0.149. The van der Waals surface area contributed by atoms with Crippen LogP contribution in [0.1, 0.15) is 115 Å². The van der Waals surface area contributed by atoms with E-state index in [2.05, 4.69) is 92.6 Å². The third-order valence-electron chi connectivity index (χ3n) is 7.80. The zero-order valence-corrected chi connectivity index (χ0v) is 26.8. The van der Waals surface area contributed by atoms with Crippen molar-refractivity contribution in [3.8, 4) is 5.75 Å². The summed E-state index contributed by atoms with van der Waals surface area (Å²) in [6.45, 7) is 20.2. The summed E-state index contributed by atoms with van der Waals surface area (Å²) in [5.41, 5.74) is 6.69. The molecule has 2 unspecified atom stereocenters. The molecule has 3 heteroatoms. The van der Waals surface area contributed by atoms with Crippen molar-refractivity contribution in [2.75, 3.05) is 0 Å². The van der Waals surface area contributed by atoms with Crippen LogP contribution in [0.2, 0.25) is 0 Å². The van der Waals surface area contributed by atoms with Crippen LogP contribution < -0.4 is 5.30 Å². The van der Waals surface area contributed by atoms with Gasteiger partial charge in [0, 0.05) is 22.5 Å². The standard InChI is InChI=1S/C36H50NOP/c1-10-12-16-21-36(11-2,31-24-28(34(4,5)6)23-30(33(31)38)35(7,8)9)39-32-20-19-26(3)22-27(32)25-37-29-17-14-13-15-18-29/h13-15,17-20,22-25,38-39H,10-12,16,21H2,1-9H3/b37-25+. The maximum absolute atomic E-state index is 12.0. The SMILES string of the molecule is CCCCCC(CC)(Pc1ccc(C)cc1/C=N/c1ccccc1)c1cc(C(C)(C)C)cc(C(C)(C)C)c1O. The Labute approximate surface area is 240 Å². The maximum Gasteiger partial charge on any atom is 0.123 e. The van der Waals surface area contributed by atoms with E-state index in [-0.39, 0.29) is 16.0 Å². The van der Waals surface area contributed by atoms with Crippen molar-refractivity contribution in [2.24, 2.45) is 4.99 Å². The largest absolute Gasteiger partial charge is 0.507 e. The minimum Gasteiger partial charge on any atom is -0.507 e. The molecule has 3 rings (SSSR count). The first-order valence-corrected chi connectivity index (χ1v) is 15.7. The number of phenols is 1.